The summed E-state index contributed by atoms with van der Waals surface area (Å²) < 4.78 is 27.0. The number of rotatable bonds is 8. The summed E-state index contributed by atoms with van der Waals surface area (Å²) >= 11 is 9.72. The van der Waals surface area contributed by atoms with E-state index in [-0.39, 0.29) is 17.2 Å². The first-order valence-electron chi connectivity index (χ1n) is 11.8. The van der Waals surface area contributed by atoms with Crippen molar-refractivity contribution in [3.05, 3.63) is 71.8 Å². The predicted octanol–water partition coefficient (Wildman–Crippen LogP) is 3.33. The number of halogens is 2. The lowest BCUT2D eigenvalue weighted by Crippen LogP contribution is -2.36. The molecule has 0 spiro atoms. The van der Waals surface area contributed by atoms with Gasteiger partial charge < -0.3 is 9.88 Å². The summed E-state index contributed by atoms with van der Waals surface area (Å²) in [7, 11) is 0.600. The Morgan fingerprint density at radius 1 is 1.14 bits per heavy atom. The third-order valence-corrected chi connectivity index (χ3v) is 9.40. The van der Waals surface area contributed by atoms with Gasteiger partial charge in [0.1, 0.15) is 0 Å². The van der Waals surface area contributed by atoms with E-state index in [0.717, 1.165) is 40.7 Å². The molecule has 8 nitrogen and oxygen atoms in total. The summed E-state index contributed by atoms with van der Waals surface area (Å²) in [5.41, 5.74) is 0.650. The van der Waals surface area contributed by atoms with E-state index in [1.165, 1.54) is 18.2 Å². The van der Waals surface area contributed by atoms with Gasteiger partial charge in [-0.05, 0) is 74.4 Å². The number of aromatic nitrogens is 2. The largest absolute Gasteiger partial charge is 0.329 e. The van der Waals surface area contributed by atoms with Crippen LogP contribution in [0.15, 0.2) is 49.3 Å². The van der Waals surface area contributed by atoms with Gasteiger partial charge in [0.05, 0.1) is 28.1 Å². The molecule has 0 amide bonds. The molecular formula is C25H30BrClN4O4S. The monoisotopic (exact) mass is 596 g/mol. The van der Waals surface area contributed by atoms with E-state index in [1.807, 2.05) is 6.07 Å². The van der Waals surface area contributed by atoms with Crippen molar-refractivity contribution in [1.29, 1.82) is 0 Å². The SMILES string of the molecule is CCS(=O)(=O)c1ccc(Cl)cc1Cn1c(=O)[nH]c2cc(CN3CCC(CN(C)C)C3)c(Br)cc2c1=O. The topological polar surface area (TPSA) is 95.5 Å². The molecule has 36 heavy (non-hydrogen) atoms. The molecule has 1 fully saturated rings. The Bertz CT molecular complexity index is 1520. The number of hydrogen-bond donors (Lipinski definition) is 1. The summed E-state index contributed by atoms with van der Waals surface area (Å²) in [5, 5.41) is 0.673. The van der Waals surface area contributed by atoms with E-state index in [9.17, 15) is 18.0 Å². The van der Waals surface area contributed by atoms with Gasteiger partial charge in [0.2, 0.25) is 0 Å². The minimum absolute atomic E-state index is 0.0653. The Kier molecular flexibility index (Phi) is 8.11. The zero-order valence-corrected chi connectivity index (χ0v) is 23.7. The number of aromatic amines is 1. The minimum Gasteiger partial charge on any atom is -0.309 e. The highest BCUT2D eigenvalue weighted by molar-refractivity contribution is 9.10. The standard InChI is InChI=1S/C25H30BrClN4O4S/c1-4-36(34,35)23-6-5-19(27)9-18(23)15-31-24(32)20-11-21(26)17(10-22(20)28-25(31)33)14-30-8-7-16(13-30)12-29(2)3/h5-6,9-11,16H,4,7-8,12-15H2,1-3H3,(H,28,33). The maximum Gasteiger partial charge on any atom is 0.329 e. The zero-order valence-electron chi connectivity index (χ0n) is 20.6. The van der Waals surface area contributed by atoms with Crippen molar-refractivity contribution in [3.63, 3.8) is 0 Å². The summed E-state index contributed by atoms with van der Waals surface area (Å²) in [6.45, 7) is 5.11. The molecule has 1 aliphatic rings. The molecule has 1 atom stereocenters. The molecule has 4 rings (SSSR count). The molecule has 1 saturated heterocycles. The molecule has 2 heterocycles. The molecule has 0 bridgehead atoms. The molecule has 1 N–H and O–H groups in total. The molecule has 0 radical (unpaired) electrons. The van der Waals surface area contributed by atoms with E-state index in [0.29, 0.717) is 34.0 Å². The fourth-order valence-corrected chi connectivity index (χ4v) is 6.62. The van der Waals surface area contributed by atoms with Crippen LogP contribution in [-0.2, 0) is 22.9 Å². The summed E-state index contributed by atoms with van der Waals surface area (Å²) in [4.78, 5) is 33.8. The number of nitrogens with one attached hydrogen (secondary N) is 1. The van der Waals surface area contributed by atoms with Crippen LogP contribution in [0.25, 0.3) is 10.9 Å². The second-order valence-corrected chi connectivity index (χ2v) is 13.2. The molecule has 2 aromatic carbocycles. The molecule has 1 aromatic heterocycles. The number of hydrogen-bond acceptors (Lipinski definition) is 6. The van der Waals surface area contributed by atoms with E-state index in [4.69, 9.17) is 11.6 Å². The molecule has 0 aliphatic carbocycles. The molecule has 1 unspecified atom stereocenters. The van der Waals surface area contributed by atoms with Crippen LogP contribution in [0.5, 0.6) is 0 Å². The van der Waals surface area contributed by atoms with Crippen LogP contribution in [0.1, 0.15) is 24.5 Å². The van der Waals surface area contributed by atoms with Crippen LogP contribution < -0.4 is 11.2 Å². The zero-order chi connectivity index (χ0) is 26.2. The van der Waals surface area contributed by atoms with Crippen molar-refractivity contribution in [1.82, 2.24) is 19.4 Å². The van der Waals surface area contributed by atoms with Gasteiger partial charge in [0.15, 0.2) is 9.84 Å². The second-order valence-electron chi connectivity index (χ2n) is 9.62. The van der Waals surface area contributed by atoms with Gasteiger partial charge in [-0.15, -0.1) is 0 Å². The Morgan fingerprint density at radius 2 is 1.89 bits per heavy atom. The molecule has 0 saturated carbocycles. The number of likely N-dealkylation sites (tertiary alicyclic amines) is 1. The van der Waals surface area contributed by atoms with Crippen molar-refractivity contribution in [2.45, 2.75) is 31.3 Å². The fourth-order valence-electron chi connectivity index (χ4n) is 4.85. The quantitative estimate of drug-likeness (QED) is 0.428. The Labute approximate surface area is 223 Å². The van der Waals surface area contributed by atoms with Gasteiger partial charge >= 0.3 is 5.69 Å². The minimum atomic E-state index is -3.57. The number of nitrogens with zero attached hydrogens (tertiary/aromatic N) is 3. The van der Waals surface area contributed by atoms with Gasteiger partial charge in [-0.1, -0.05) is 34.5 Å². The van der Waals surface area contributed by atoms with Crippen molar-refractivity contribution in [2.75, 3.05) is 39.5 Å². The van der Waals surface area contributed by atoms with Crippen LogP contribution in [0, 0.1) is 5.92 Å². The lowest BCUT2D eigenvalue weighted by molar-refractivity contribution is 0.286. The number of H-pyrrole nitrogens is 1. The summed E-state index contributed by atoms with van der Waals surface area (Å²) in [6.07, 6.45) is 1.14. The van der Waals surface area contributed by atoms with Crippen LogP contribution >= 0.6 is 27.5 Å². The smallest absolute Gasteiger partial charge is 0.309 e. The van der Waals surface area contributed by atoms with Crippen LogP contribution in [0.4, 0.5) is 0 Å². The maximum absolute atomic E-state index is 13.3. The average molecular weight is 598 g/mol. The van der Waals surface area contributed by atoms with E-state index >= 15 is 0 Å². The number of sulfone groups is 1. The normalized spacial score (nSPS) is 16.9. The lowest BCUT2D eigenvalue weighted by Gasteiger charge is -2.19. The first-order valence-corrected chi connectivity index (χ1v) is 14.6. The number of benzene rings is 2. The molecule has 3 aromatic rings. The van der Waals surface area contributed by atoms with E-state index in [2.05, 4.69) is 44.8 Å². The fraction of sp³-hybridized carbons (Fsp3) is 0.440. The predicted molar refractivity (Wildman–Crippen MR) is 147 cm³/mol. The van der Waals surface area contributed by atoms with E-state index < -0.39 is 21.1 Å². The van der Waals surface area contributed by atoms with Crippen LogP contribution in [0.3, 0.4) is 0 Å². The molecular weight excluding hydrogens is 568 g/mol. The highest BCUT2D eigenvalue weighted by atomic mass is 79.9. The van der Waals surface area contributed by atoms with Crippen molar-refractivity contribution in [2.24, 2.45) is 5.92 Å². The van der Waals surface area contributed by atoms with Gasteiger partial charge in [-0.25, -0.2) is 13.2 Å². The average Bonchev–Trinajstić information content (AvgIpc) is 3.24. The van der Waals surface area contributed by atoms with Gasteiger partial charge in [0, 0.05) is 29.1 Å². The van der Waals surface area contributed by atoms with Crippen molar-refractivity contribution >= 4 is 48.3 Å². The number of fused-ring (bicyclic) bond motifs is 1. The van der Waals surface area contributed by atoms with E-state index in [1.54, 1.807) is 13.0 Å². The summed E-state index contributed by atoms with van der Waals surface area (Å²) in [6, 6.07) is 7.97. The lowest BCUT2D eigenvalue weighted by atomic mass is 10.1. The first kappa shape index (κ1) is 27.1. The van der Waals surface area contributed by atoms with Crippen molar-refractivity contribution < 1.29 is 8.42 Å². The van der Waals surface area contributed by atoms with Gasteiger partial charge in [-0.3, -0.25) is 14.3 Å². The van der Waals surface area contributed by atoms with Crippen LogP contribution in [-0.4, -0.2) is 67.3 Å². The Morgan fingerprint density at radius 3 is 2.58 bits per heavy atom. The van der Waals surface area contributed by atoms with Crippen LogP contribution in [0.2, 0.25) is 5.02 Å². The third kappa shape index (κ3) is 5.78. The second kappa shape index (κ2) is 10.8. The Hall–Kier alpha value is -1.98. The summed E-state index contributed by atoms with van der Waals surface area (Å²) in [5.74, 6) is 0.520. The van der Waals surface area contributed by atoms with Gasteiger partial charge in [0.25, 0.3) is 5.56 Å². The third-order valence-electron chi connectivity index (χ3n) is 6.60. The highest BCUT2D eigenvalue weighted by Crippen LogP contribution is 2.26. The van der Waals surface area contributed by atoms with Gasteiger partial charge in [-0.2, -0.15) is 0 Å². The maximum atomic E-state index is 13.3. The first-order chi connectivity index (χ1) is 17.0. The molecule has 11 heteroatoms. The van der Waals surface area contributed by atoms with Crippen molar-refractivity contribution in [3.8, 4) is 0 Å². The Balaban J connectivity index is 1.68. The highest BCUT2D eigenvalue weighted by Gasteiger charge is 2.24. The molecule has 1 aliphatic heterocycles. The molecule has 194 valence electrons.